The number of ether oxygens (including phenoxy) is 3. The van der Waals surface area contributed by atoms with E-state index in [1.54, 1.807) is 34.6 Å². The van der Waals surface area contributed by atoms with E-state index < -0.39 is 23.2 Å². The van der Waals surface area contributed by atoms with Crippen molar-refractivity contribution in [3.8, 4) is 0 Å². The lowest BCUT2D eigenvalue weighted by molar-refractivity contribution is -0.163. The summed E-state index contributed by atoms with van der Waals surface area (Å²) in [7, 11) is 1.46. The molecule has 0 N–H and O–H groups in total. The van der Waals surface area contributed by atoms with E-state index in [1.165, 1.54) is 12.0 Å². The van der Waals surface area contributed by atoms with E-state index in [-0.39, 0.29) is 19.3 Å². The van der Waals surface area contributed by atoms with Crippen molar-refractivity contribution in [2.75, 3.05) is 20.4 Å². The van der Waals surface area contributed by atoms with E-state index in [9.17, 15) is 9.59 Å². The average molecular weight is 303 g/mol. The van der Waals surface area contributed by atoms with Crippen LogP contribution in [0.1, 0.15) is 48.5 Å². The van der Waals surface area contributed by atoms with Crippen LogP contribution in [-0.2, 0) is 19.0 Å². The molecule has 0 unspecified atom stereocenters. The van der Waals surface area contributed by atoms with Gasteiger partial charge in [-0.2, -0.15) is 0 Å². The normalized spacial score (nSPS) is 14.5. The number of carbonyl (C=O) groups is 2. The summed E-state index contributed by atoms with van der Waals surface area (Å²) in [6, 6.07) is 0. The summed E-state index contributed by atoms with van der Waals surface area (Å²) in [4.78, 5) is 26.1. The van der Waals surface area contributed by atoms with Gasteiger partial charge < -0.3 is 14.2 Å². The smallest absolute Gasteiger partial charge is 0.413 e. The third-order valence-electron chi connectivity index (χ3n) is 3.25. The maximum Gasteiger partial charge on any atom is 0.413 e. The predicted molar refractivity (Wildman–Crippen MR) is 79.8 cm³/mol. The highest BCUT2D eigenvalue weighted by atomic mass is 16.6. The van der Waals surface area contributed by atoms with Gasteiger partial charge in [0.05, 0.1) is 6.61 Å². The Hall–Kier alpha value is -1.30. The minimum Gasteiger partial charge on any atom is -0.464 e. The van der Waals surface area contributed by atoms with E-state index in [2.05, 4.69) is 0 Å². The highest BCUT2D eigenvalue weighted by Crippen LogP contribution is 2.28. The van der Waals surface area contributed by atoms with Crippen molar-refractivity contribution in [2.45, 2.75) is 59.6 Å². The molecule has 21 heavy (non-hydrogen) atoms. The van der Waals surface area contributed by atoms with Gasteiger partial charge in [0.25, 0.3) is 0 Å². The minimum atomic E-state index is -1.16. The van der Waals surface area contributed by atoms with Crippen LogP contribution in [0.15, 0.2) is 0 Å². The Kier molecular flexibility index (Phi) is 7.16. The quantitative estimate of drug-likeness (QED) is 0.557. The fourth-order valence-corrected chi connectivity index (χ4v) is 1.76. The number of esters is 1. The van der Waals surface area contributed by atoms with Crippen LogP contribution in [0.4, 0.5) is 4.79 Å². The van der Waals surface area contributed by atoms with E-state index in [0.29, 0.717) is 0 Å². The molecule has 0 aromatic carbocycles. The van der Waals surface area contributed by atoms with Gasteiger partial charge in [-0.3, -0.25) is 4.90 Å². The summed E-state index contributed by atoms with van der Waals surface area (Å²) in [5.41, 5.74) is -1.82. The number of rotatable bonds is 6. The number of hydrogen-bond donors (Lipinski definition) is 0. The van der Waals surface area contributed by atoms with Gasteiger partial charge in [-0.15, -0.1) is 0 Å². The highest BCUT2D eigenvalue weighted by molar-refractivity contribution is 5.85. The number of hydrogen-bond acceptors (Lipinski definition) is 5. The lowest BCUT2D eigenvalue weighted by Crippen LogP contribution is -2.60. The summed E-state index contributed by atoms with van der Waals surface area (Å²) in [5.74, 6) is -0.637. The molecule has 1 amide bonds. The van der Waals surface area contributed by atoms with Gasteiger partial charge in [-0.05, 0) is 40.5 Å². The van der Waals surface area contributed by atoms with Gasteiger partial charge >= 0.3 is 12.1 Å². The first kappa shape index (κ1) is 19.7. The molecule has 6 nitrogen and oxygen atoms in total. The van der Waals surface area contributed by atoms with Gasteiger partial charge in [-0.25, -0.2) is 9.59 Å². The van der Waals surface area contributed by atoms with Crippen molar-refractivity contribution in [1.29, 1.82) is 0 Å². The summed E-state index contributed by atoms with van der Waals surface area (Å²) >= 11 is 0. The fraction of sp³-hybridized carbons (Fsp3) is 0.867. The molecule has 0 rings (SSSR count). The van der Waals surface area contributed by atoms with Crippen molar-refractivity contribution in [2.24, 2.45) is 5.92 Å². The van der Waals surface area contributed by atoms with E-state index in [4.69, 9.17) is 14.2 Å². The van der Waals surface area contributed by atoms with E-state index >= 15 is 0 Å². The molecule has 0 fully saturated rings. The summed E-state index contributed by atoms with van der Waals surface area (Å²) in [6.07, 6.45) is -0.603. The van der Waals surface area contributed by atoms with Gasteiger partial charge in [-0.1, -0.05) is 13.8 Å². The molecule has 6 heteroatoms. The Labute approximate surface area is 127 Å². The van der Waals surface area contributed by atoms with Crippen LogP contribution in [0.2, 0.25) is 0 Å². The van der Waals surface area contributed by atoms with Crippen LogP contribution in [0.3, 0.4) is 0 Å². The van der Waals surface area contributed by atoms with Crippen molar-refractivity contribution in [1.82, 2.24) is 4.90 Å². The van der Waals surface area contributed by atoms with Gasteiger partial charge in [0, 0.05) is 7.11 Å². The number of methoxy groups -OCH3 is 1. The monoisotopic (exact) mass is 303 g/mol. The van der Waals surface area contributed by atoms with Crippen molar-refractivity contribution in [3.05, 3.63) is 0 Å². The molecule has 0 heterocycles. The fourth-order valence-electron chi connectivity index (χ4n) is 1.76. The zero-order valence-electron chi connectivity index (χ0n) is 14.5. The largest absolute Gasteiger partial charge is 0.464 e. The van der Waals surface area contributed by atoms with Crippen LogP contribution in [0.25, 0.3) is 0 Å². The molecule has 0 aliphatic carbocycles. The third kappa shape index (κ3) is 5.19. The van der Waals surface area contributed by atoms with Crippen LogP contribution < -0.4 is 0 Å². The molecule has 0 aliphatic heterocycles. The number of nitrogens with zero attached hydrogens (tertiary/aromatic N) is 1. The van der Waals surface area contributed by atoms with Crippen molar-refractivity contribution < 1.29 is 23.8 Å². The first-order valence-electron chi connectivity index (χ1n) is 7.17. The van der Waals surface area contributed by atoms with E-state index in [1.807, 2.05) is 13.8 Å². The zero-order valence-corrected chi connectivity index (χ0v) is 14.5. The van der Waals surface area contributed by atoms with Crippen LogP contribution in [0.5, 0.6) is 0 Å². The molecule has 0 saturated carbocycles. The summed E-state index contributed by atoms with van der Waals surface area (Å²) in [5, 5.41) is 0. The zero-order chi connectivity index (χ0) is 16.8. The van der Waals surface area contributed by atoms with Crippen LogP contribution in [0, 0.1) is 5.92 Å². The second-order valence-electron chi connectivity index (χ2n) is 6.35. The predicted octanol–water partition coefficient (Wildman–Crippen LogP) is 2.81. The first-order valence-corrected chi connectivity index (χ1v) is 7.17. The van der Waals surface area contributed by atoms with E-state index in [0.717, 1.165) is 0 Å². The van der Waals surface area contributed by atoms with Crippen molar-refractivity contribution in [3.63, 3.8) is 0 Å². The Balaban J connectivity index is 5.54. The lowest BCUT2D eigenvalue weighted by Gasteiger charge is -2.41. The molecule has 0 aromatic heterocycles. The molecule has 1 atom stereocenters. The minimum absolute atomic E-state index is 0.0532. The molecular weight excluding hydrogens is 274 g/mol. The second-order valence-corrected chi connectivity index (χ2v) is 6.35. The number of amides is 1. The van der Waals surface area contributed by atoms with Gasteiger partial charge in [0.2, 0.25) is 0 Å². The van der Waals surface area contributed by atoms with Crippen LogP contribution >= 0.6 is 0 Å². The standard InChI is InChI=1S/C15H29NO5/c1-9-20-12(17)15(7,11(2)3)16(10-19-8)13(18)21-14(4,5)6/h11H,9-10H2,1-8H3/t15-/m0/s1. The molecule has 0 aromatic rings. The van der Waals surface area contributed by atoms with Crippen molar-refractivity contribution >= 4 is 12.1 Å². The summed E-state index contributed by atoms with van der Waals surface area (Å²) in [6.45, 7) is 12.6. The average Bonchev–Trinajstić information content (AvgIpc) is 2.32. The number of carbonyl (C=O) groups excluding carboxylic acids is 2. The Bertz CT molecular complexity index is 362. The van der Waals surface area contributed by atoms with Crippen LogP contribution in [-0.4, -0.2) is 48.5 Å². The first-order chi connectivity index (χ1) is 9.50. The Morgan fingerprint density at radius 2 is 1.67 bits per heavy atom. The summed E-state index contributed by atoms with van der Waals surface area (Å²) < 4.78 is 15.6. The highest BCUT2D eigenvalue weighted by Gasteiger charge is 2.47. The maximum absolute atomic E-state index is 12.4. The van der Waals surface area contributed by atoms with Gasteiger partial charge in [0.15, 0.2) is 0 Å². The van der Waals surface area contributed by atoms with Gasteiger partial charge in [0.1, 0.15) is 17.9 Å². The molecular formula is C15H29NO5. The third-order valence-corrected chi connectivity index (χ3v) is 3.25. The Morgan fingerprint density at radius 1 is 1.14 bits per heavy atom. The topological polar surface area (TPSA) is 65.1 Å². The SMILES string of the molecule is CCOC(=O)[C@](C)(C(C)C)N(COC)C(=O)OC(C)(C)C. The lowest BCUT2D eigenvalue weighted by atomic mass is 9.87. The maximum atomic E-state index is 12.4. The molecule has 0 radical (unpaired) electrons. The molecule has 0 saturated heterocycles. The molecule has 0 aliphatic rings. The molecule has 0 bridgehead atoms. The second kappa shape index (κ2) is 7.64. The molecule has 124 valence electrons. The molecule has 0 spiro atoms. The Morgan fingerprint density at radius 3 is 2.00 bits per heavy atom.